The van der Waals surface area contributed by atoms with Gasteiger partial charge in [-0.1, -0.05) is 54.6 Å². The molecule has 9 heteroatoms. The Hall–Kier alpha value is -4.11. The van der Waals surface area contributed by atoms with Gasteiger partial charge in [-0.3, -0.25) is 35.9 Å². The zero-order valence-corrected chi connectivity index (χ0v) is 16.3. The first kappa shape index (κ1) is 20.6. The van der Waals surface area contributed by atoms with Gasteiger partial charge in [-0.15, -0.1) is 0 Å². The van der Waals surface area contributed by atoms with Gasteiger partial charge in [-0.05, 0) is 41.5 Å². The summed E-state index contributed by atoms with van der Waals surface area (Å²) in [5.41, 5.74) is 6.67. The van der Waals surface area contributed by atoms with E-state index in [0.29, 0.717) is 5.56 Å². The summed E-state index contributed by atoms with van der Waals surface area (Å²) in [5.74, 6) is -1.22. The number of thiocarbonyl (C=S) groups is 1. The van der Waals surface area contributed by atoms with E-state index in [1.54, 1.807) is 12.1 Å². The van der Waals surface area contributed by atoms with E-state index >= 15 is 0 Å². The van der Waals surface area contributed by atoms with Gasteiger partial charge in [0.25, 0.3) is 17.5 Å². The molecule has 2 amide bonds. The van der Waals surface area contributed by atoms with Crippen LogP contribution < -0.4 is 16.2 Å². The highest BCUT2D eigenvalue weighted by Crippen LogP contribution is 2.19. The van der Waals surface area contributed by atoms with Crippen molar-refractivity contribution in [2.45, 2.75) is 0 Å². The summed E-state index contributed by atoms with van der Waals surface area (Å²) in [6, 6.07) is 22.2. The zero-order valence-electron chi connectivity index (χ0n) is 15.5. The standard InChI is InChI=1S/C21H16N4O4S/c26-19(16-12-10-15(11-13-16)14-6-2-1-3-7-14)23-24-21(30)22-20(27)17-8-4-5-9-18(17)25(28)29/h1-13H,(H,23,26)(H2,22,24,27,30). The number of rotatable bonds is 4. The lowest BCUT2D eigenvalue weighted by molar-refractivity contribution is -0.385. The molecule has 3 aromatic rings. The fraction of sp³-hybridized carbons (Fsp3) is 0. The Morgan fingerprint density at radius 2 is 1.37 bits per heavy atom. The monoisotopic (exact) mass is 420 g/mol. The van der Waals surface area contributed by atoms with Crippen molar-refractivity contribution >= 4 is 34.8 Å². The molecule has 0 aliphatic carbocycles. The molecule has 0 fully saturated rings. The molecule has 0 saturated heterocycles. The minimum atomic E-state index is -0.763. The summed E-state index contributed by atoms with van der Waals surface area (Å²) in [6.07, 6.45) is 0. The maximum atomic E-state index is 12.3. The zero-order chi connectivity index (χ0) is 21.5. The predicted molar refractivity (Wildman–Crippen MR) is 116 cm³/mol. The van der Waals surface area contributed by atoms with Crippen LogP contribution in [-0.2, 0) is 0 Å². The molecule has 0 aliphatic rings. The van der Waals surface area contributed by atoms with E-state index in [4.69, 9.17) is 12.2 Å². The van der Waals surface area contributed by atoms with Crippen LogP contribution in [0.1, 0.15) is 20.7 Å². The van der Waals surface area contributed by atoms with Crippen LogP contribution in [0.25, 0.3) is 11.1 Å². The van der Waals surface area contributed by atoms with E-state index < -0.39 is 16.7 Å². The second kappa shape index (κ2) is 9.39. The van der Waals surface area contributed by atoms with Crippen LogP contribution in [0.15, 0.2) is 78.9 Å². The number of carbonyl (C=O) groups excluding carboxylic acids is 2. The first-order valence-electron chi connectivity index (χ1n) is 8.76. The van der Waals surface area contributed by atoms with Gasteiger partial charge in [0.05, 0.1) is 4.92 Å². The summed E-state index contributed by atoms with van der Waals surface area (Å²) in [6.45, 7) is 0. The van der Waals surface area contributed by atoms with Crippen molar-refractivity contribution < 1.29 is 14.5 Å². The molecule has 0 unspecified atom stereocenters. The first-order chi connectivity index (χ1) is 14.5. The molecule has 0 saturated carbocycles. The fourth-order valence-corrected chi connectivity index (χ4v) is 2.80. The Bertz CT molecular complexity index is 1100. The molecule has 150 valence electrons. The lowest BCUT2D eigenvalue weighted by atomic mass is 10.0. The molecule has 0 aromatic heterocycles. The number of nitro benzene ring substituents is 1. The third-order valence-corrected chi connectivity index (χ3v) is 4.32. The van der Waals surface area contributed by atoms with Crippen molar-refractivity contribution in [3.05, 3.63) is 100 Å². The second-order valence-corrected chi connectivity index (χ2v) is 6.49. The Kier molecular flexibility index (Phi) is 6.46. The minimum Gasteiger partial charge on any atom is -0.297 e. The number of hydrogen-bond acceptors (Lipinski definition) is 5. The molecule has 3 rings (SSSR count). The van der Waals surface area contributed by atoms with E-state index in [0.717, 1.165) is 11.1 Å². The minimum absolute atomic E-state index is 0.144. The predicted octanol–water partition coefficient (Wildman–Crippen LogP) is 3.21. The number of hydrazine groups is 1. The molecule has 3 aromatic carbocycles. The van der Waals surface area contributed by atoms with Gasteiger partial charge in [0.2, 0.25) is 0 Å². The average Bonchev–Trinajstić information content (AvgIpc) is 2.78. The lowest BCUT2D eigenvalue weighted by Gasteiger charge is -2.11. The van der Waals surface area contributed by atoms with Crippen molar-refractivity contribution in [1.29, 1.82) is 0 Å². The van der Waals surface area contributed by atoms with Crippen molar-refractivity contribution in [1.82, 2.24) is 16.2 Å². The second-order valence-electron chi connectivity index (χ2n) is 6.08. The number of nitrogens with one attached hydrogen (secondary N) is 3. The highest BCUT2D eigenvalue weighted by molar-refractivity contribution is 7.80. The molecule has 0 atom stereocenters. The average molecular weight is 420 g/mol. The van der Waals surface area contributed by atoms with Crippen LogP contribution in [0.2, 0.25) is 0 Å². The number of carbonyl (C=O) groups is 2. The molecule has 8 nitrogen and oxygen atoms in total. The number of hydrogen-bond donors (Lipinski definition) is 3. The van der Waals surface area contributed by atoms with Crippen molar-refractivity contribution in [3.63, 3.8) is 0 Å². The number of amides is 2. The Labute approximate surface area is 177 Å². The van der Waals surface area contributed by atoms with E-state index in [-0.39, 0.29) is 16.4 Å². The SMILES string of the molecule is O=C(NNC(=S)NC(=O)c1ccccc1[N+](=O)[O-])c1ccc(-c2ccccc2)cc1. The van der Waals surface area contributed by atoms with Crippen LogP contribution >= 0.6 is 12.2 Å². The molecular weight excluding hydrogens is 404 g/mol. The summed E-state index contributed by atoms with van der Waals surface area (Å²) in [7, 11) is 0. The topological polar surface area (TPSA) is 113 Å². The molecular formula is C21H16N4O4S. The van der Waals surface area contributed by atoms with Crippen LogP contribution in [0, 0.1) is 10.1 Å². The quantitative estimate of drug-likeness (QED) is 0.339. The van der Waals surface area contributed by atoms with E-state index in [1.165, 1.54) is 24.3 Å². The Balaban J connectivity index is 1.56. The maximum Gasteiger partial charge on any atom is 0.282 e. The van der Waals surface area contributed by atoms with Gasteiger partial charge in [0, 0.05) is 11.6 Å². The van der Waals surface area contributed by atoms with Crippen LogP contribution in [0.4, 0.5) is 5.69 Å². The molecule has 0 bridgehead atoms. The molecule has 0 spiro atoms. The van der Waals surface area contributed by atoms with E-state index in [2.05, 4.69) is 16.2 Å². The van der Waals surface area contributed by atoms with Crippen LogP contribution in [0.3, 0.4) is 0 Å². The number of para-hydroxylation sites is 1. The maximum absolute atomic E-state index is 12.3. The number of nitrogens with zero attached hydrogens (tertiary/aromatic N) is 1. The van der Waals surface area contributed by atoms with Crippen LogP contribution in [0.5, 0.6) is 0 Å². The fourth-order valence-electron chi connectivity index (χ4n) is 2.66. The third-order valence-electron chi connectivity index (χ3n) is 4.12. The Morgan fingerprint density at radius 3 is 2.03 bits per heavy atom. The lowest BCUT2D eigenvalue weighted by Crippen LogP contribution is -2.48. The van der Waals surface area contributed by atoms with Gasteiger partial charge in [-0.25, -0.2) is 0 Å². The van der Waals surface area contributed by atoms with E-state index in [1.807, 2.05) is 42.5 Å². The van der Waals surface area contributed by atoms with Gasteiger partial charge < -0.3 is 0 Å². The summed E-state index contributed by atoms with van der Waals surface area (Å²) in [5, 5.41) is 13.1. The normalized spacial score (nSPS) is 10.0. The van der Waals surface area contributed by atoms with Gasteiger partial charge >= 0.3 is 0 Å². The first-order valence-corrected chi connectivity index (χ1v) is 9.17. The van der Waals surface area contributed by atoms with Gasteiger partial charge in [0.15, 0.2) is 5.11 Å². The molecule has 0 radical (unpaired) electrons. The van der Waals surface area contributed by atoms with Crippen molar-refractivity contribution in [2.24, 2.45) is 0 Å². The Morgan fingerprint density at radius 1 is 0.767 bits per heavy atom. The van der Waals surface area contributed by atoms with Crippen molar-refractivity contribution in [2.75, 3.05) is 0 Å². The smallest absolute Gasteiger partial charge is 0.282 e. The number of benzene rings is 3. The van der Waals surface area contributed by atoms with Gasteiger partial charge in [0.1, 0.15) is 5.56 Å². The largest absolute Gasteiger partial charge is 0.297 e. The summed E-state index contributed by atoms with van der Waals surface area (Å²) in [4.78, 5) is 34.8. The highest BCUT2D eigenvalue weighted by atomic mass is 32.1. The summed E-state index contributed by atoms with van der Waals surface area (Å²) >= 11 is 4.96. The summed E-state index contributed by atoms with van der Waals surface area (Å²) < 4.78 is 0. The molecule has 0 aliphatic heterocycles. The van der Waals surface area contributed by atoms with Crippen molar-refractivity contribution in [3.8, 4) is 11.1 Å². The molecule has 3 N–H and O–H groups in total. The molecule has 30 heavy (non-hydrogen) atoms. The molecule has 0 heterocycles. The van der Waals surface area contributed by atoms with E-state index in [9.17, 15) is 19.7 Å². The number of nitro groups is 1. The van der Waals surface area contributed by atoms with Gasteiger partial charge in [-0.2, -0.15) is 0 Å². The highest BCUT2D eigenvalue weighted by Gasteiger charge is 2.20. The van der Waals surface area contributed by atoms with Crippen LogP contribution in [-0.4, -0.2) is 21.9 Å². The third kappa shape index (κ3) is 5.03.